The Morgan fingerprint density at radius 3 is 2.62 bits per heavy atom. The minimum atomic E-state index is -2.89. The van der Waals surface area contributed by atoms with Gasteiger partial charge in [-0.05, 0) is 31.4 Å². The summed E-state index contributed by atoms with van der Waals surface area (Å²) < 4.78 is 28.4. The maximum atomic E-state index is 11.3. The Morgan fingerprint density at radius 2 is 2.05 bits per heavy atom. The number of para-hydroxylation sites is 1. The third-order valence-electron chi connectivity index (χ3n) is 3.70. The van der Waals surface area contributed by atoms with Gasteiger partial charge in [0.25, 0.3) is 0 Å². The van der Waals surface area contributed by atoms with Gasteiger partial charge < -0.3 is 15.2 Å². The van der Waals surface area contributed by atoms with Crippen molar-refractivity contribution in [2.24, 2.45) is 0 Å². The van der Waals surface area contributed by atoms with Crippen LogP contribution in [0.5, 0.6) is 5.75 Å². The van der Waals surface area contributed by atoms with Gasteiger partial charge in [-0.2, -0.15) is 0 Å². The van der Waals surface area contributed by atoms with Gasteiger partial charge in [0, 0.05) is 12.6 Å². The fourth-order valence-electron chi connectivity index (χ4n) is 2.52. The Hall–Kier alpha value is -1.11. The van der Waals surface area contributed by atoms with E-state index in [-0.39, 0.29) is 24.2 Å². The maximum absolute atomic E-state index is 11.3. The number of benzene rings is 1. The second-order valence-electron chi connectivity index (χ2n) is 5.69. The first-order valence-corrected chi connectivity index (χ1v) is 9.00. The lowest BCUT2D eigenvalue weighted by atomic mass is 10.1. The van der Waals surface area contributed by atoms with E-state index in [1.807, 2.05) is 32.0 Å². The molecule has 5 nitrogen and oxygen atoms in total. The molecular weight excluding hydrogens is 290 g/mol. The molecule has 0 saturated carbocycles. The van der Waals surface area contributed by atoms with E-state index in [2.05, 4.69) is 5.32 Å². The molecule has 6 heteroatoms. The largest absolute Gasteiger partial charge is 0.490 e. The van der Waals surface area contributed by atoms with Crippen LogP contribution in [0.15, 0.2) is 18.2 Å². The average molecular weight is 313 g/mol. The monoisotopic (exact) mass is 313 g/mol. The molecule has 0 aromatic heterocycles. The molecule has 1 heterocycles. The summed E-state index contributed by atoms with van der Waals surface area (Å²) in [5, 5.41) is 13.0. The number of nitrogens with one attached hydrogen (secondary N) is 1. The number of hydrogen-bond donors (Lipinski definition) is 2. The van der Waals surface area contributed by atoms with Crippen LogP contribution in [0, 0.1) is 13.8 Å². The molecule has 0 aliphatic carbocycles. The van der Waals surface area contributed by atoms with Crippen LogP contribution >= 0.6 is 0 Å². The van der Waals surface area contributed by atoms with Crippen LogP contribution in [-0.4, -0.2) is 50.3 Å². The van der Waals surface area contributed by atoms with Gasteiger partial charge in [-0.1, -0.05) is 18.2 Å². The molecule has 2 atom stereocenters. The summed E-state index contributed by atoms with van der Waals surface area (Å²) in [6.45, 7) is 4.47. The van der Waals surface area contributed by atoms with E-state index in [0.717, 1.165) is 16.9 Å². The molecule has 1 aromatic carbocycles. The number of sulfone groups is 1. The maximum Gasteiger partial charge on any atom is 0.151 e. The van der Waals surface area contributed by atoms with E-state index in [0.29, 0.717) is 13.0 Å². The van der Waals surface area contributed by atoms with Crippen LogP contribution in [0.1, 0.15) is 17.5 Å². The van der Waals surface area contributed by atoms with E-state index in [1.54, 1.807) is 0 Å². The number of rotatable bonds is 6. The van der Waals surface area contributed by atoms with Gasteiger partial charge >= 0.3 is 0 Å². The summed E-state index contributed by atoms with van der Waals surface area (Å²) in [4.78, 5) is 0. The summed E-state index contributed by atoms with van der Waals surface area (Å²) in [5.74, 6) is 1.21. The van der Waals surface area contributed by atoms with Crippen LogP contribution in [0.3, 0.4) is 0 Å². The normalized spacial score (nSPS) is 22.1. The van der Waals surface area contributed by atoms with Crippen LogP contribution in [-0.2, 0) is 9.84 Å². The lowest BCUT2D eigenvalue weighted by Gasteiger charge is -2.18. The molecule has 0 unspecified atom stereocenters. The van der Waals surface area contributed by atoms with Gasteiger partial charge in [0.05, 0.1) is 11.5 Å². The minimum absolute atomic E-state index is 0.0511. The van der Waals surface area contributed by atoms with Crippen molar-refractivity contribution in [1.29, 1.82) is 0 Å². The zero-order valence-electron chi connectivity index (χ0n) is 12.5. The van der Waals surface area contributed by atoms with Gasteiger partial charge in [0.2, 0.25) is 0 Å². The molecule has 0 radical (unpaired) electrons. The average Bonchev–Trinajstić information content (AvgIpc) is 2.75. The van der Waals surface area contributed by atoms with Gasteiger partial charge in [-0.15, -0.1) is 0 Å². The summed E-state index contributed by atoms with van der Waals surface area (Å²) in [6, 6.07) is 5.85. The van der Waals surface area contributed by atoms with E-state index in [1.165, 1.54) is 0 Å². The van der Waals surface area contributed by atoms with Crippen molar-refractivity contribution in [1.82, 2.24) is 5.32 Å². The van der Waals surface area contributed by atoms with E-state index >= 15 is 0 Å². The molecule has 1 aliphatic heterocycles. The Kier molecular flexibility index (Phi) is 5.24. The molecule has 2 N–H and O–H groups in total. The highest BCUT2D eigenvalue weighted by Gasteiger charge is 2.27. The summed E-state index contributed by atoms with van der Waals surface area (Å²) in [5.41, 5.74) is 2.08. The van der Waals surface area contributed by atoms with E-state index < -0.39 is 15.9 Å². The first-order valence-electron chi connectivity index (χ1n) is 7.18. The molecule has 1 fully saturated rings. The second-order valence-corrected chi connectivity index (χ2v) is 7.92. The van der Waals surface area contributed by atoms with E-state index in [9.17, 15) is 13.5 Å². The number of aliphatic hydroxyl groups excluding tert-OH is 1. The molecule has 118 valence electrons. The summed E-state index contributed by atoms with van der Waals surface area (Å²) >= 11 is 0. The van der Waals surface area contributed by atoms with Crippen molar-refractivity contribution in [3.05, 3.63) is 29.3 Å². The first kappa shape index (κ1) is 16.3. The zero-order chi connectivity index (χ0) is 15.5. The number of aryl methyl sites for hydroxylation is 2. The zero-order valence-corrected chi connectivity index (χ0v) is 13.3. The van der Waals surface area contributed by atoms with Gasteiger partial charge in [0.15, 0.2) is 9.84 Å². The Balaban J connectivity index is 1.76. The lowest BCUT2D eigenvalue weighted by molar-refractivity contribution is 0.103. The third kappa shape index (κ3) is 4.69. The van der Waals surface area contributed by atoms with Crippen LogP contribution in [0.2, 0.25) is 0 Å². The molecule has 1 aromatic rings. The van der Waals surface area contributed by atoms with Crippen molar-refractivity contribution < 1.29 is 18.3 Å². The number of hydrogen-bond acceptors (Lipinski definition) is 5. The van der Waals surface area contributed by atoms with Gasteiger partial charge in [-0.3, -0.25) is 0 Å². The third-order valence-corrected chi connectivity index (χ3v) is 5.47. The molecule has 1 saturated heterocycles. The molecule has 21 heavy (non-hydrogen) atoms. The van der Waals surface area contributed by atoms with Crippen LogP contribution in [0.25, 0.3) is 0 Å². The predicted molar refractivity (Wildman–Crippen MR) is 82.5 cm³/mol. The standard InChI is InChI=1S/C15H23NO4S/c1-11-4-3-5-12(2)15(11)20-9-14(17)8-16-13-6-7-21(18,19)10-13/h3-5,13-14,16-17H,6-10H2,1-2H3/t13-,14+/m0/s1. The molecule has 2 rings (SSSR count). The quantitative estimate of drug-likeness (QED) is 0.813. The van der Waals surface area contributed by atoms with Crippen molar-refractivity contribution in [3.63, 3.8) is 0 Å². The highest BCUT2D eigenvalue weighted by Crippen LogP contribution is 2.22. The van der Waals surface area contributed by atoms with Gasteiger partial charge in [-0.25, -0.2) is 8.42 Å². The first-order chi connectivity index (χ1) is 9.87. The highest BCUT2D eigenvalue weighted by molar-refractivity contribution is 7.91. The van der Waals surface area contributed by atoms with Crippen molar-refractivity contribution in [2.75, 3.05) is 24.7 Å². The second kappa shape index (κ2) is 6.77. The number of aliphatic hydroxyl groups is 1. The Labute approximate surface area is 126 Å². The fraction of sp³-hybridized carbons (Fsp3) is 0.600. The summed E-state index contributed by atoms with van der Waals surface area (Å²) in [6.07, 6.45) is -0.0420. The number of ether oxygens (including phenoxy) is 1. The van der Waals surface area contributed by atoms with E-state index in [4.69, 9.17) is 4.74 Å². The van der Waals surface area contributed by atoms with Gasteiger partial charge in [0.1, 0.15) is 18.5 Å². The predicted octanol–water partition coefficient (Wildman–Crippen LogP) is 0.820. The van der Waals surface area contributed by atoms with Crippen molar-refractivity contribution in [2.45, 2.75) is 32.4 Å². The minimum Gasteiger partial charge on any atom is -0.490 e. The fourth-order valence-corrected chi connectivity index (χ4v) is 4.23. The topological polar surface area (TPSA) is 75.6 Å². The Bertz CT molecular complexity index is 565. The van der Waals surface area contributed by atoms with Crippen molar-refractivity contribution in [3.8, 4) is 5.75 Å². The molecule has 1 aliphatic rings. The summed E-state index contributed by atoms with van der Waals surface area (Å²) in [7, 11) is -2.89. The lowest BCUT2D eigenvalue weighted by Crippen LogP contribution is -2.38. The van der Waals surface area contributed by atoms with Crippen LogP contribution in [0.4, 0.5) is 0 Å². The smallest absolute Gasteiger partial charge is 0.151 e. The van der Waals surface area contributed by atoms with Crippen LogP contribution < -0.4 is 10.1 Å². The Morgan fingerprint density at radius 1 is 1.38 bits per heavy atom. The molecule has 0 bridgehead atoms. The molecule has 0 amide bonds. The molecule has 0 spiro atoms. The van der Waals surface area contributed by atoms with Crippen molar-refractivity contribution >= 4 is 9.84 Å². The molecular formula is C15H23NO4S. The SMILES string of the molecule is Cc1cccc(C)c1OC[C@H](O)CN[C@H]1CCS(=O)(=O)C1. The highest BCUT2D eigenvalue weighted by atomic mass is 32.2.